The molecule has 0 bridgehead atoms. The summed E-state index contributed by atoms with van der Waals surface area (Å²) in [5.74, 6) is -0.0400. The highest BCUT2D eigenvalue weighted by Crippen LogP contribution is 2.25. The smallest absolute Gasteiger partial charge is 0.229 e. The van der Waals surface area contributed by atoms with Crippen molar-refractivity contribution >= 4 is 15.9 Å². The first kappa shape index (κ1) is 12.3. The Bertz CT molecular complexity index is 513. The van der Waals surface area contributed by atoms with Crippen molar-refractivity contribution in [1.29, 1.82) is 0 Å². The molecule has 3 nitrogen and oxygen atoms in total. The molecule has 0 aliphatic rings. The van der Waals surface area contributed by atoms with Gasteiger partial charge in [0.15, 0.2) is 0 Å². The summed E-state index contributed by atoms with van der Waals surface area (Å²) >= 11 is 3.29. The fraction of sp³-hybridized carbons (Fsp3) is 0.250. The highest BCUT2D eigenvalue weighted by atomic mass is 79.9. The molecule has 0 unspecified atom stereocenters. The Morgan fingerprint density at radius 1 is 1.47 bits per heavy atom. The average molecular weight is 299 g/mol. The lowest BCUT2D eigenvalue weighted by atomic mass is 10.2. The molecule has 0 saturated heterocycles. The first-order chi connectivity index (χ1) is 8.20. The SMILES string of the molecule is CCNCc1coc(-c2cc(Br)ccc2F)n1. The van der Waals surface area contributed by atoms with E-state index in [0.717, 1.165) is 16.7 Å². The zero-order valence-corrected chi connectivity index (χ0v) is 10.9. The van der Waals surface area contributed by atoms with E-state index in [1.54, 1.807) is 18.4 Å². The lowest BCUT2D eigenvalue weighted by Gasteiger charge is -1.98. The molecule has 0 radical (unpaired) electrons. The Hall–Kier alpha value is -1.20. The van der Waals surface area contributed by atoms with Crippen LogP contribution in [0.1, 0.15) is 12.6 Å². The normalized spacial score (nSPS) is 10.8. The van der Waals surface area contributed by atoms with E-state index in [9.17, 15) is 4.39 Å². The second kappa shape index (κ2) is 5.42. The predicted octanol–water partition coefficient (Wildman–Crippen LogP) is 3.35. The Labute approximate surface area is 107 Å². The zero-order chi connectivity index (χ0) is 12.3. The third-order valence-corrected chi connectivity index (χ3v) is 2.76. The van der Waals surface area contributed by atoms with E-state index in [4.69, 9.17) is 4.42 Å². The number of aromatic nitrogens is 1. The number of nitrogens with one attached hydrogen (secondary N) is 1. The minimum Gasteiger partial charge on any atom is -0.444 e. The topological polar surface area (TPSA) is 38.1 Å². The first-order valence-corrected chi connectivity index (χ1v) is 6.10. The van der Waals surface area contributed by atoms with Crippen LogP contribution in [0, 0.1) is 5.82 Å². The maximum absolute atomic E-state index is 13.6. The molecule has 0 amide bonds. The molecular weight excluding hydrogens is 287 g/mol. The van der Waals surface area contributed by atoms with Gasteiger partial charge in [-0.15, -0.1) is 0 Å². The molecule has 0 fully saturated rings. The second-order valence-corrected chi connectivity index (χ2v) is 4.46. The predicted molar refractivity (Wildman–Crippen MR) is 67.0 cm³/mol. The van der Waals surface area contributed by atoms with Crippen molar-refractivity contribution in [3.63, 3.8) is 0 Å². The summed E-state index contributed by atoms with van der Waals surface area (Å²) in [6.07, 6.45) is 1.54. The standard InChI is InChI=1S/C12H12BrFN2O/c1-2-15-6-9-7-17-12(16-9)10-5-8(13)3-4-11(10)14/h3-5,7,15H,2,6H2,1H3. The van der Waals surface area contributed by atoms with Gasteiger partial charge in [0.2, 0.25) is 5.89 Å². The van der Waals surface area contributed by atoms with Crippen molar-refractivity contribution < 1.29 is 8.81 Å². The summed E-state index contributed by atoms with van der Waals surface area (Å²) in [5, 5.41) is 3.13. The van der Waals surface area contributed by atoms with Crippen LogP contribution in [0.4, 0.5) is 4.39 Å². The molecular formula is C12H12BrFN2O. The summed E-state index contributed by atoms with van der Waals surface area (Å²) in [6, 6.07) is 4.67. The molecule has 1 N–H and O–H groups in total. The van der Waals surface area contributed by atoms with Gasteiger partial charge in [0.05, 0.1) is 11.3 Å². The Morgan fingerprint density at radius 3 is 3.06 bits per heavy atom. The molecule has 0 atom stereocenters. The molecule has 2 aromatic rings. The highest BCUT2D eigenvalue weighted by molar-refractivity contribution is 9.10. The minimum absolute atomic E-state index is 0.303. The van der Waals surface area contributed by atoms with Gasteiger partial charge in [0, 0.05) is 11.0 Å². The Kier molecular flexibility index (Phi) is 3.91. The summed E-state index contributed by atoms with van der Waals surface area (Å²) in [7, 11) is 0. The van der Waals surface area contributed by atoms with Crippen LogP contribution in [-0.4, -0.2) is 11.5 Å². The van der Waals surface area contributed by atoms with Crippen molar-refractivity contribution in [3.8, 4) is 11.5 Å². The van der Waals surface area contributed by atoms with Crippen molar-refractivity contribution in [3.05, 3.63) is 40.4 Å². The number of oxazole rings is 1. The van der Waals surface area contributed by atoms with E-state index >= 15 is 0 Å². The van der Waals surface area contributed by atoms with Crippen LogP contribution in [-0.2, 0) is 6.54 Å². The van der Waals surface area contributed by atoms with Gasteiger partial charge in [-0.05, 0) is 24.7 Å². The lowest BCUT2D eigenvalue weighted by molar-refractivity contribution is 0.559. The lowest BCUT2D eigenvalue weighted by Crippen LogP contribution is -2.11. The molecule has 0 aliphatic heterocycles. The van der Waals surface area contributed by atoms with Gasteiger partial charge in [0.1, 0.15) is 12.1 Å². The van der Waals surface area contributed by atoms with E-state index in [1.807, 2.05) is 6.92 Å². The molecule has 1 heterocycles. The van der Waals surface area contributed by atoms with Crippen LogP contribution < -0.4 is 5.32 Å². The number of halogens is 2. The Morgan fingerprint density at radius 2 is 2.29 bits per heavy atom. The van der Waals surface area contributed by atoms with Crippen LogP contribution in [0.3, 0.4) is 0 Å². The maximum Gasteiger partial charge on any atom is 0.229 e. The van der Waals surface area contributed by atoms with E-state index in [1.165, 1.54) is 6.07 Å². The van der Waals surface area contributed by atoms with Gasteiger partial charge in [-0.25, -0.2) is 9.37 Å². The number of rotatable bonds is 4. The van der Waals surface area contributed by atoms with E-state index in [0.29, 0.717) is 18.0 Å². The summed E-state index contributed by atoms with van der Waals surface area (Å²) < 4.78 is 19.6. The van der Waals surface area contributed by atoms with E-state index < -0.39 is 0 Å². The van der Waals surface area contributed by atoms with Gasteiger partial charge < -0.3 is 9.73 Å². The Balaban J connectivity index is 2.27. The van der Waals surface area contributed by atoms with Gasteiger partial charge >= 0.3 is 0 Å². The van der Waals surface area contributed by atoms with Gasteiger partial charge in [0.25, 0.3) is 0 Å². The molecule has 90 valence electrons. The summed E-state index contributed by atoms with van der Waals surface area (Å²) in [5.41, 5.74) is 1.13. The quantitative estimate of drug-likeness (QED) is 0.941. The molecule has 5 heteroatoms. The summed E-state index contributed by atoms with van der Waals surface area (Å²) in [6.45, 7) is 3.48. The van der Waals surface area contributed by atoms with Crippen LogP contribution in [0.5, 0.6) is 0 Å². The average Bonchev–Trinajstić information content (AvgIpc) is 2.78. The van der Waals surface area contributed by atoms with Gasteiger partial charge in [-0.1, -0.05) is 22.9 Å². The van der Waals surface area contributed by atoms with Crippen LogP contribution >= 0.6 is 15.9 Å². The van der Waals surface area contributed by atoms with Gasteiger partial charge in [-0.2, -0.15) is 0 Å². The van der Waals surface area contributed by atoms with Crippen LogP contribution in [0.25, 0.3) is 11.5 Å². The number of hydrogen-bond acceptors (Lipinski definition) is 3. The molecule has 2 rings (SSSR count). The number of nitrogens with zero attached hydrogens (tertiary/aromatic N) is 1. The third kappa shape index (κ3) is 2.92. The van der Waals surface area contributed by atoms with Crippen molar-refractivity contribution in [2.75, 3.05) is 6.54 Å². The van der Waals surface area contributed by atoms with Gasteiger partial charge in [-0.3, -0.25) is 0 Å². The fourth-order valence-electron chi connectivity index (χ4n) is 1.43. The summed E-state index contributed by atoms with van der Waals surface area (Å²) in [4.78, 5) is 4.23. The molecule has 1 aromatic carbocycles. The number of benzene rings is 1. The van der Waals surface area contributed by atoms with Crippen molar-refractivity contribution in [2.24, 2.45) is 0 Å². The largest absolute Gasteiger partial charge is 0.444 e. The van der Waals surface area contributed by atoms with E-state index in [2.05, 4.69) is 26.2 Å². The monoisotopic (exact) mass is 298 g/mol. The minimum atomic E-state index is -0.343. The maximum atomic E-state index is 13.6. The molecule has 0 aliphatic carbocycles. The fourth-order valence-corrected chi connectivity index (χ4v) is 1.79. The third-order valence-electron chi connectivity index (χ3n) is 2.27. The van der Waals surface area contributed by atoms with Crippen LogP contribution in [0.15, 0.2) is 33.4 Å². The highest BCUT2D eigenvalue weighted by Gasteiger charge is 2.11. The second-order valence-electron chi connectivity index (χ2n) is 3.55. The van der Waals surface area contributed by atoms with Crippen molar-refractivity contribution in [2.45, 2.75) is 13.5 Å². The first-order valence-electron chi connectivity index (χ1n) is 5.31. The van der Waals surface area contributed by atoms with E-state index in [-0.39, 0.29) is 5.82 Å². The molecule has 17 heavy (non-hydrogen) atoms. The molecule has 0 spiro atoms. The number of hydrogen-bond donors (Lipinski definition) is 1. The molecule has 0 saturated carbocycles. The molecule has 1 aromatic heterocycles. The van der Waals surface area contributed by atoms with Crippen molar-refractivity contribution in [1.82, 2.24) is 10.3 Å². The van der Waals surface area contributed by atoms with Crippen LogP contribution in [0.2, 0.25) is 0 Å². The zero-order valence-electron chi connectivity index (χ0n) is 9.34.